The third kappa shape index (κ3) is 58.6. The number of rotatable bonds is 57. The molecule has 424 valence electrons. The molecule has 0 fully saturated rings. The van der Waals surface area contributed by atoms with Crippen LogP contribution in [0.4, 0.5) is 0 Å². The van der Waals surface area contributed by atoms with E-state index >= 15 is 0 Å². The number of unbranched alkanes of at least 4 members (excludes halogenated alkanes) is 32. The van der Waals surface area contributed by atoms with Crippen molar-refractivity contribution in [1.29, 1.82) is 0 Å². The van der Waals surface area contributed by atoms with Gasteiger partial charge < -0.3 is 20.1 Å². The summed E-state index contributed by atoms with van der Waals surface area (Å²) in [6.07, 6.45) is 75.3. The third-order valence-corrected chi connectivity index (χ3v) is 14.1. The highest BCUT2D eigenvalue weighted by atomic mass is 31.2. The van der Waals surface area contributed by atoms with E-state index in [1.807, 2.05) is 0 Å². The maximum atomic E-state index is 12.7. The zero-order valence-electron chi connectivity index (χ0n) is 47.4. The van der Waals surface area contributed by atoms with Gasteiger partial charge >= 0.3 is 19.8 Å². The first-order valence-electron chi connectivity index (χ1n) is 30.4. The molecule has 0 saturated carbocycles. The van der Waals surface area contributed by atoms with Crippen LogP contribution in [0.1, 0.15) is 284 Å². The Kier molecular flexibility index (Phi) is 56.7. The Hall–Kier alpha value is -2.55. The van der Waals surface area contributed by atoms with Crippen molar-refractivity contribution < 1.29 is 37.6 Å². The van der Waals surface area contributed by atoms with E-state index in [0.717, 1.165) is 70.6 Å². The SMILES string of the molecule is CC/C=C\C/C=C\C/C=C\C/C=C\C/C=C\CCCCCCCCCCCCCCCCCC(=O)OC(COC(=O)CCCCCCCCCCC/C=C\CCCCCCCCCC)COP(=O)(O)OCCN. The largest absolute Gasteiger partial charge is 0.472 e. The molecule has 0 aromatic carbocycles. The van der Waals surface area contributed by atoms with Gasteiger partial charge in [0.05, 0.1) is 13.2 Å². The molecule has 9 nitrogen and oxygen atoms in total. The number of hydrogen-bond donors (Lipinski definition) is 2. The fraction of sp³-hybridized carbons (Fsp3) is 0.778. The van der Waals surface area contributed by atoms with Gasteiger partial charge in [-0.2, -0.15) is 0 Å². The Morgan fingerprint density at radius 1 is 0.425 bits per heavy atom. The first-order chi connectivity index (χ1) is 35.8. The molecule has 2 atom stereocenters. The lowest BCUT2D eigenvalue weighted by molar-refractivity contribution is -0.161. The van der Waals surface area contributed by atoms with Crippen LogP contribution in [-0.4, -0.2) is 49.3 Å². The molecule has 0 amide bonds. The quantitative estimate of drug-likeness (QED) is 0.0264. The summed E-state index contributed by atoms with van der Waals surface area (Å²) in [6.45, 7) is 3.66. The summed E-state index contributed by atoms with van der Waals surface area (Å²) in [5, 5.41) is 0. The van der Waals surface area contributed by atoms with E-state index in [0.29, 0.717) is 6.42 Å². The lowest BCUT2D eigenvalue weighted by atomic mass is 10.0. The van der Waals surface area contributed by atoms with E-state index in [4.69, 9.17) is 24.3 Å². The molecule has 0 aliphatic rings. The minimum atomic E-state index is -4.39. The maximum absolute atomic E-state index is 12.7. The Morgan fingerprint density at radius 3 is 1.14 bits per heavy atom. The van der Waals surface area contributed by atoms with Crippen LogP contribution in [0.2, 0.25) is 0 Å². The number of phosphoric acid groups is 1. The number of carbonyl (C=O) groups excluding carboxylic acids is 2. The number of carbonyl (C=O) groups is 2. The van der Waals surface area contributed by atoms with E-state index in [1.165, 1.54) is 180 Å². The van der Waals surface area contributed by atoms with Gasteiger partial charge in [0.15, 0.2) is 6.10 Å². The minimum Gasteiger partial charge on any atom is -0.462 e. The minimum absolute atomic E-state index is 0.0521. The highest BCUT2D eigenvalue weighted by Crippen LogP contribution is 2.43. The van der Waals surface area contributed by atoms with E-state index < -0.39 is 26.5 Å². The van der Waals surface area contributed by atoms with Gasteiger partial charge in [-0.1, -0.05) is 260 Å². The van der Waals surface area contributed by atoms with Crippen LogP contribution >= 0.6 is 7.82 Å². The molecule has 73 heavy (non-hydrogen) atoms. The monoisotopic (exact) mass is 1040 g/mol. The summed E-state index contributed by atoms with van der Waals surface area (Å²) in [5.74, 6) is -0.822. The lowest BCUT2D eigenvalue weighted by Crippen LogP contribution is -2.29. The van der Waals surface area contributed by atoms with Crippen molar-refractivity contribution in [3.8, 4) is 0 Å². The fourth-order valence-electron chi connectivity index (χ4n) is 8.60. The molecule has 0 spiro atoms. The van der Waals surface area contributed by atoms with Gasteiger partial charge in [0.1, 0.15) is 6.61 Å². The van der Waals surface area contributed by atoms with Crippen LogP contribution in [0.25, 0.3) is 0 Å². The second-order valence-electron chi connectivity index (χ2n) is 20.2. The van der Waals surface area contributed by atoms with Gasteiger partial charge in [0.2, 0.25) is 0 Å². The fourth-order valence-corrected chi connectivity index (χ4v) is 9.37. The average molecular weight is 1040 g/mol. The van der Waals surface area contributed by atoms with Gasteiger partial charge in [-0.3, -0.25) is 18.6 Å². The summed E-state index contributed by atoms with van der Waals surface area (Å²) in [6, 6.07) is 0. The van der Waals surface area contributed by atoms with Crippen LogP contribution in [-0.2, 0) is 32.7 Å². The summed E-state index contributed by atoms with van der Waals surface area (Å²) in [7, 11) is -4.39. The van der Waals surface area contributed by atoms with E-state index in [9.17, 15) is 19.0 Å². The lowest BCUT2D eigenvalue weighted by Gasteiger charge is -2.19. The van der Waals surface area contributed by atoms with Crippen LogP contribution in [0.3, 0.4) is 0 Å². The van der Waals surface area contributed by atoms with Crippen molar-refractivity contribution >= 4 is 19.8 Å². The van der Waals surface area contributed by atoms with Crippen molar-refractivity contribution in [2.75, 3.05) is 26.4 Å². The molecule has 0 radical (unpaired) electrons. The second-order valence-corrected chi connectivity index (χ2v) is 21.6. The van der Waals surface area contributed by atoms with Crippen molar-refractivity contribution in [1.82, 2.24) is 0 Å². The summed E-state index contributed by atoms with van der Waals surface area (Å²) >= 11 is 0. The highest BCUT2D eigenvalue weighted by molar-refractivity contribution is 7.47. The molecule has 0 aromatic heterocycles. The predicted octanol–water partition coefficient (Wildman–Crippen LogP) is 19.3. The van der Waals surface area contributed by atoms with Gasteiger partial charge in [0, 0.05) is 19.4 Å². The van der Waals surface area contributed by atoms with E-state index in [1.54, 1.807) is 0 Å². The van der Waals surface area contributed by atoms with Gasteiger partial charge in [-0.15, -0.1) is 0 Å². The standard InChI is InChI=1S/C63H114NO8P/c1-3-5-7-9-11-13-15-17-19-21-23-25-26-27-28-29-30-31-32-33-34-36-38-40-42-44-46-48-50-52-54-56-63(66)72-61(60-71-73(67,68)70-58-57-64)59-69-62(65)55-53-51-49-47-45-43-41-39-37-35-24-22-20-18-16-14-12-10-8-6-4-2/h5,7,11,13,17,19,22-25,27-28,61H,3-4,6,8-10,12,14-16,18,20-21,26,29-60,64H2,1-2H3,(H,67,68)/b7-5-,13-11-,19-17-,24-22-,25-23-,28-27-. The van der Waals surface area contributed by atoms with Crippen LogP contribution < -0.4 is 5.73 Å². The number of esters is 2. The summed E-state index contributed by atoms with van der Waals surface area (Å²) in [4.78, 5) is 35.2. The predicted molar refractivity (Wildman–Crippen MR) is 312 cm³/mol. The number of phosphoric ester groups is 1. The van der Waals surface area contributed by atoms with Crippen LogP contribution in [0.15, 0.2) is 72.9 Å². The van der Waals surface area contributed by atoms with E-state index in [2.05, 4.69) is 86.8 Å². The Labute approximate surface area is 450 Å². The summed E-state index contributed by atoms with van der Waals surface area (Å²) < 4.78 is 33.1. The molecular weight excluding hydrogens is 930 g/mol. The zero-order chi connectivity index (χ0) is 53.1. The average Bonchev–Trinajstić information content (AvgIpc) is 3.38. The van der Waals surface area contributed by atoms with Crippen molar-refractivity contribution in [3.05, 3.63) is 72.9 Å². The highest BCUT2D eigenvalue weighted by Gasteiger charge is 2.26. The molecule has 2 unspecified atom stereocenters. The number of ether oxygens (including phenoxy) is 2. The third-order valence-electron chi connectivity index (χ3n) is 13.1. The Balaban J connectivity index is 3.93. The van der Waals surface area contributed by atoms with Crippen LogP contribution in [0, 0.1) is 0 Å². The number of allylic oxidation sites excluding steroid dienone is 12. The molecule has 0 bridgehead atoms. The molecule has 0 heterocycles. The molecule has 3 N–H and O–H groups in total. The Bertz CT molecular complexity index is 1420. The zero-order valence-corrected chi connectivity index (χ0v) is 48.3. The molecule has 0 aliphatic heterocycles. The number of nitrogens with two attached hydrogens (primary N) is 1. The normalized spacial score (nSPS) is 13.5. The first kappa shape index (κ1) is 70.5. The molecule has 0 aromatic rings. The molecule has 0 aliphatic carbocycles. The van der Waals surface area contributed by atoms with Gasteiger partial charge in [-0.05, 0) is 83.5 Å². The van der Waals surface area contributed by atoms with Gasteiger partial charge in [0.25, 0.3) is 0 Å². The molecular formula is C63H114NO8P. The van der Waals surface area contributed by atoms with Crippen LogP contribution in [0.5, 0.6) is 0 Å². The summed E-state index contributed by atoms with van der Waals surface area (Å²) in [5.41, 5.74) is 5.39. The first-order valence-corrected chi connectivity index (χ1v) is 31.9. The smallest absolute Gasteiger partial charge is 0.462 e. The second kappa shape index (κ2) is 58.7. The molecule has 0 saturated heterocycles. The van der Waals surface area contributed by atoms with Crippen molar-refractivity contribution in [2.24, 2.45) is 5.73 Å². The number of hydrogen-bond acceptors (Lipinski definition) is 8. The topological polar surface area (TPSA) is 134 Å². The van der Waals surface area contributed by atoms with Gasteiger partial charge in [-0.25, -0.2) is 4.57 Å². The maximum Gasteiger partial charge on any atom is 0.472 e. The molecule has 0 rings (SSSR count). The van der Waals surface area contributed by atoms with Crippen molar-refractivity contribution in [3.63, 3.8) is 0 Å². The van der Waals surface area contributed by atoms with E-state index in [-0.39, 0.29) is 38.6 Å². The Morgan fingerprint density at radius 2 is 0.753 bits per heavy atom. The molecule has 10 heteroatoms. The van der Waals surface area contributed by atoms with Crippen molar-refractivity contribution in [2.45, 2.75) is 290 Å².